The first kappa shape index (κ1) is 14.1. The number of fused-ring (bicyclic) bond motifs is 2. The van der Waals surface area contributed by atoms with Gasteiger partial charge in [0.25, 0.3) is 5.56 Å². The smallest absolute Gasteiger partial charge is 0.261 e. The summed E-state index contributed by atoms with van der Waals surface area (Å²) in [6, 6.07) is 7.49. The lowest BCUT2D eigenvalue weighted by Crippen LogP contribution is -2.37. The second-order valence-electron chi connectivity index (χ2n) is 5.98. The van der Waals surface area contributed by atoms with Crippen molar-refractivity contribution in [1.82, 2.24) is 24.0 Å². The molecule has 1 aromatic carbocycles. The Balaban J connectivity index is 1.50. The van der Waals surface area contributed by atoms with E-state index in [1.165, 1.54) is 5.69 Å². The molecule has 118 valence electrons. The van der Waals surface area contributed by atoms with Crippen LogP contribution in [0.3, 0.4) is 0 Å². The van der Waals surface area contributed by atoms with E-state index in [1.807, 2.05) is 37.4 Å². The average Bonchev–Trinajstić information content (AvgIpc) is 2.95. The van der Waals surface area contributed by atoms with Crippen LogP contribution in [0.15, 0.2) is 41.6 Å². The zero-order valence-corrected chi connectivity index (χ0v) is 13.1. The lowest BCUT2D eigenvalue weighted by Gasteiger charge is -2.28. The van der Waals surface area contributed by atoms with Gasteiger partial charge in [0.05, 0.1) is 22.9 Å². The number of benzene rings is 1. The molecule has 0 amide bonds. The Bertz CT molecular complexity index is 911. The summed E-state index contributed by atoms with van der Waals surface area (Å²) in [6.07, 6.45) is 3.61. The summed E-state index contributed by atoms with van der Waals surface area (Å²) in [5.41, 5.74) is 2.04. The molecule has 0 spiro atoms. The van der Waals surface area contributed by atoms with Crippen LogP contribution in [0.5, 0.6) is 0 Å². The minimum absolute atomic E-state index is 0.0356. The van der Waals surface area contributed by atoms with E-state index in [4.69, 9.17) is 0 Å². The first-order valence-corrected chi connectivity index (χ1v) is 7.90. The molecule has 0 fully saturated rings. The van der Waals surface area contributed by atoms with Gasteiger partial charge in [0.2, 0.25) is 0 Å². The summed E-state index contributed by atoms with van der Waals surface area (Å²) < 4.78 is 3.97. The Kier molecular flexibility index (Phi) is 3.46. The van der Waals surface area contributed by atoms with Gasteiger partial charge in [-0.1, -0.05) is 12.1 Å². The van der Waals surface area contributed by atoms with E-state index >= 15 is 0 Å². The molecule has 4 rings (SSSR count). The largest absolute Gasteiger partial charge is 0.330 e. The molecule has 0 aliphatic carbocycles. The monoisotopic (exact) mass is 309 g/mol. The molecule has 23 heavy (non-hydrogen) atoms. The minimum atomic E-state index is 0.0356. The van der Waals surface area contributed by atoms with Crippen LogP contribution < -0.4 is 5.56 Å². The second kappa shape index (κ2) is 5.62. The summed E-state index contributed by atoms with van der Waals surface area (Å²) in [7, 11) is 0. The first-order valence-electron chi connectivity index (χ1n) is 7.90. The molecule has 0 atom stereocenters. The van der Waals surface area contributed by atoms with Crippen molar-refractivity contribution >= 4 is 10.9 Å². The lowest BCUT2D eigenvalue weighted by molar-refractivity contribution is 0.211. The number of aromatic nitrogens is 4. The first-order chi connectivity index (χ1) is 11.2. The molecule has 2 aromatic heterocycles. The van der Waals surface area contributed by atoms with Gasteiger partial charge in [-0.15, -0.1) is 0 Å². The molecule has 3 aromatic rings. The molecule has 0 saturated heterocycles. The van der Waals surface area contributed by atoms with Crippen molar-refractivity contribution in [2.24, 2.45) is 0 Å². The predicted octanol–water partition coefficient (Wildman–Crippen LogP) is 1.42. The van der Waals surface area contributed by atoms with Gasteiger partial charge in [0.1, 0.15) is 5.82 Å². The Hall–Kier alpha value is -2.47. The molecule has 1 aliphatic rings. The average molecular weight is 309 g/mol. The highest BCUT2D eigenvalue weighted by molar-refractivity contribution is 5.76. The number of hydrogen-bond acceptors (Lipinski definition) is 4. The molecular weight excluding hydrogens is 290 g/mol. The van der Waals surface area contributed by atoms with E-state index in [0.29, 0.717) is 11.9 Å². The van der Waals surface area contributed by atoms with Crippen LogP contribution in [0.25, 0.3) is 10.9 Å². The number of rotatable bonds is 3. The fourth-order valence-electron chi connectivity index (χ4n) is 3.20. The van der Waals surface area contributed by atoms with Crippen LogP contribution in [0.4, 0.5) is 0 Å². The van der Waals surface area contributed by atoms with Gasteiger partial charge in [0.15, 0.2) is 0 Å². The number of aryl methyl sites for hydroxylation is 1. The maximum Gasteiger partial charge on any atom is 0.261 e. The van der Waals surface area contributed by atoms with Gasteiger partial charge < -0.3 is 4.57 Å². The summed E-state index contributed by atoms with van der Waals surface area (Å²) >= 11 is 0. The highest BCUT2D eigenvalue weighted by Gasteiger charge is 2.17. The zero-order chi connectivity index (χ0) is 15.8. The molecule has 0 N–H and O–H groups in total. The third-order valence-electron chi connectivity index (χ3n) is 4.55. The van der Waals surface area contributed by atoms with Gasteiger partial charge in [-0.2, -0.15) is 0 Å². The lowest BCUT2D eigenvalue weighted by atomic mass is 10.2. The van der Waals surface area contributed by atoms with E-state index < -0.39 is 0 Å². The van der Waals surface area contributed by atoms with Crippen LogP contribution in [0.2, 0.25) is 0 Å². The molecule has 6 heteroatoms. The Morgan fingerprint density at radius 2 is 2.00 bits per heavy atom. The van der Waals surface area contributed by atoms with Crippen LogP contribution in [-0.4, -0.2) is 37.1 Å². The number of hydrogen-bond donors (Lipinski definition) is 0. The van der Waals surface area contributed by atoms with Gasteiger partial charge >= 0.3 is 0 Å². The van der Waals surface area contributed by atoms with E-state index in [1.54, 1.807) is 10.9 Å². The van der Waals surface area contributed by atoms with Crippen molar-refractivity contribution in [2.75, 3.05) is 13.1 Å². The summed E-state index contributed by atoms with van der Waals surface area (Å²) in [5, 5.41) is 0.683. The topological polar surface area (TPSA) is 56.0 Å². The fraction of sp³-hybridized carbons (Fsp3) is 0.353. The van der Waals surface area contributed by atoms with Crippen LogP contribution in [0.1, 0.15) is 11.5 Å². The van der Waals surface area contributed by atoms with Crippen LogP contribution in [-0.2, 0) is 19.6 Å². The Morgan fingerprint density at radius 1 is 1.13 bits per heavy atom. The van der Waals surface area contributed by atoms with Gasteiger partial charge in [0, 0.05) is 38.9 Å². The zero-order valence-electron chi connectivity index (χ0n) is 13.1. The van der Waals surface area contributed by atoms with E-state index in [2.05, 4.69) is 19.4 Å². The van der Waals surface area contributed by atoms with Gasteiger partial charge in [-0.3, -0.25) is 14.3 Å². The van der Waals surface area contributed by atoms with E-state index in [9.17, 15) is 4.79 Å². The standard InChI is InChI=1S/C17H19N5O/c1-13-18-10-14-11-20(7-9-22(13)14)6-8-21-12-19-16-5-3-2-4-15(16)17(21)23/h2-5,10,12H,6-9,11H2,1H3. The van der Waals surface area contributed by atoms with Crippen molar-refractivity contribution in [1.29, 1.82) is 0 Å². The molecule has 6 nitrogen and oxygen atoms in total. The highest BCUT2D eigenvalue weighted by atomic mass is 16.1. The maximum absolute atomic E-state index is 12.5. The summed E-state index contributed by atoms with van der Waals surface area (Å²) in [5.74, 6) is 1.08. The SMILES string of the molecule is Cc1ncc2n1CCN(CCn1cnc3ccccc3c1=O)C2. The minimum Gasteiger partial charge on any atom is -0.330 e. The maximum atomic E-state index is 12.5. The van der Waals surface area contributed by atoms with E-state index in [0.717, 1.165) is 37.5 Å². The highest BCUT2D eigenvalue weighted by Crippen LogP contribution is 2.14. The van der Waals surface area contributed by atoms with Gasteiger partial charge in [-0.05, 0) is 19.1 Å². The van der Waals surface area contributed by atoms with Crippen molar-refractivity contribution < 1.29 is 0 Å². The molecule has 3 heterocycles. The molecule has 0 unspecified atom stereocenters. The number of nitrogens with zero attached hydrogens (tertiary/aromatic N) is 5. The normalized spacial score (nSPS) is 15.0. The molecule has 1 aliphatic heterocycles. The molecule has 0 radical (unpaired) electrons. The predicted molar refractivity (Wildman–Crippen MR) is 88.2 cm³/mol. The Labute approximate surface area is 134 Å². The second-order valence-corrected chi connectivity index (χ2v) is 5.98. The van der Waals surface area contributed by atoms with Crippen LogP contribution >= 0.6 is 0 Å². The summed E-state index contributed by atoms with van der Waals surface area (Å²) in [6.45, 7) is 6.37. The molecule has 0 saturated carbocycles. The van der Waals surface area contributed by atoms with Crippen molar-refractivity contribution in [2.45, 2.75) is 26.6 Å². The molecule has 0 bridgehead atoms. The van der Waals surface area contributed by atoms with Crippen molar-refractivity contribution in [3.05, 3.63) is 58.7 Å². The number of imidazole rings is 1. The quantitative estimate of drug-likeness (QED) is 0.734. The molecular formula is C17H19N5O. The third-order valence-corrected chi connectivity index (χ3v) is 4.55. The van der Waals surface area contributed by atoms with Crippen LogP contribution in [0, 0.1) is 6.92 Å². The number of para-hydroxylation sites is 1. The summed E-state index contributed by atoms with van der Waals surface area (Å²) in [4.78, 5) is 23.6. The van der Waals surface area contributed by atoms with Crippen molar-refractivity contribution in [3.8, 4) is 0 Å². The van der Waals surface area contributed by atoms with E-state index in [-0.39, 0.29) is 5.56 Å². The van der Waals surface area contributed by atoms with Crippen molar-refractivity contribution in [3.63, 3.8) is 0 Å². The Morgan fingerprint density at radius 3 is 2.91 bits per heavy atom. The fourth-order valence-corrected chi connectivity index (χ4v) is 3.20. The third kappa shape index (κ3) is 2.55. The van der Waals surface area contributed by atoms with Gasteiger partial charge in [-0.25, -0.2) is 9.97 Å².